The largest absolute Gasteiger partial charge is 0.374 e. The van der Waals surface area contributed by atoms with E-state index in [1.165, 1.54) is 37.7 Å². The summed E-state index contributed by atoms with van der Waals surface area (Å²) < 4.78 is 8.31. The average molecular weight is 293 g/mol. The molecule has 2 rings (SSSR count). The molecule has 1 fully saturated rings. The van der Waals surface area contributed by atoms with Gasteiger partial charge < -0.3 is 10.1 Å². The second-order valence-electron chi connectivity index (χ2n) is 6.08. The second-order valence-corrected chi connectivity index (χ2v) is 6.08. The molecule has 0 saturated heterocycles. The standard InChI is InChI=1S/C17H31N3O/c1-4-18-16(12-15-13-19-20(5-2)14-15)17(21-6-3)10-8-7-9-11-17/h13-14,16,18H,4-12H2,1-3H3. The fourth-order valence-electron chi connectivity index (χ4n) is 3.64. The quantitative estimate of drug-likeness (QED) is 0.800. The maximum atomic E-state index is 6.30. The number of hydrogen-bond acceptors (Lipinski definition) is 3. The van der Waals surface area contributed by atoms with Crippen molar-refractivity contribution in [2.45, 2.75) is 77.5 Å². The number of aromatic nitrogens is 2. The molecule has 0 radical (unpaired) electrons. The van der Waals surface area contributed by atoms with Crippen molar-refractivity contribution in [2.75, 3.05) is 13.2 Å². The minimum Gasteiger partial charge on any atom is -0.374 e. The third kappa shape index (κ3) is 4.07. The van der Waals surface area contributed by atoms with Crippen molar-refractivity contribution >= 4 is 0 Å². The summed E-state index contributed by atoms with van der Waals surface area (Å²) in [6, 6.07) is 0.386. The van der Waals surface area contributed by atoms with Gasteiger partial charge in [-0.25, -0.2) is 0 Å². The maximum absolute atomic E-state index is 6.30. The van der Waals surface area contributed by atoms with Gasteiger partial charge in [-0.05, 0) is 45.2 Å². The molecule has 1 aliphatic rings. The van der Waals surface area contributed by atoms with Gasteiger partial charge in [0.2, 0.25) is 0 Å². The molecule has 0 amide bonds. The highest BCUT2D eigenvalue weighted by molar-refractivity contribution is 5.10. The minimum atomic E-state index is 0.0112. The van der Waals surface area contributed by atoms with Crippen LogP contribution in [0.1, 0.15) is 58.4 Å². The Balaban J connectivity index is 2.14. The van der Waals surface area contributed by atoms with Crippen LogP contribution in [-0.2, 0) is 17.7 Å². The van der Waals surface area contributed by atoms with Crippen LogP contribution in [0.15, 0.2) is 12.4 Å². The molecule has 1 aromatic heterocycles. The summed E-state index contributed by atoms with van der Waals surface area (Å²) in [5.41, 5.74) is 1.32. The Morgan fingerprint density at radius 3 is 2.62 bits per heavy atom. The van der Waals surface area contributed by atoms with Crippen LogP contribution < -0.4 is 5.32 Å². The van der Waals surface area contributed by atoms with E-state index in [4.69, 9.17) is 4.74 Å². The van der Waals surface area contributed by atoms with Gasteiger partial charge in [-0.15, -0.1) is 0 Å². The maximum Gasteiger partial charge on any atom is 0.0837 e. The summed E-state index contributed by atoms with van der Waals surface area (Å²) in [6.07, 6.45) is 11.5. The van der Waals surface area contributed by atoms with E-state index < -0.39 is 0 Å². The fourth-order valence-corrected chi connectivity index (χ4v) is 3.64. The molecule has 4 heteroatoms. The molecule has 120 valence electrons. The minimum absolute atomic E-state index is 0.0112. The van der Waals surface area contributed by atoms with Gasteiger partial charge in [0.15, 0.2) is 0 Å². The molecule has 21 heavy (non-hydrogen) atoms. The van der Waals surface area contributed by atoms with E-state index in [0.29, 0.717) is 6.04 Å². The van der Waals surface area contributed by atoms with E-state index in [9.17, 15) is 0 Å². The number of nitrogens with one attached hydrogen (secondary N) is 1. The van der Waals surface area contributed by atoms with Crippen LogP contribution in [0.4, 0.5) is 0 Å². The van der Waals surface area contributed by atoms with E-state index in [1.807, 2.05) is 10.9 Å². The van der Waals surface area contributed by atoms with Crippen molar-refractivity contribution in [3.05, 3.63) is 18.0 Å². The number of nitrogens with zero attached hydrogens (tertiary/aromatic N) is 2. The van der Waals surface area contributed by atoms with Crippen molar-refractivity contribution in [2.24, 2.45) is 0 Å². The first kappa shape index (κ1) is 16.5. The smallest absolute Gasteiger partial charge is 0.0837 e. The summed E-state index contributed by atoms with van der Waals surface area (Å²) in [6.45, 7) is 9.15. The van der Waals surface area contributed by atoms with Crippen molar-refractivity contribution in [1.82, 2.24) is 15.1 Å². The van der Waals surface area contributed by atoms with Crippen LogP contribution in [0.5, 0.6) is 0 Å². The molecular weight excluding hydrogens is 262 g/mol. The van der Waals surface area contributed by atoms with E-state index in [2.05, 4.69) is 37.4 Å². The molecule has 0 aliphatic heterocycles. The third-order valence-electron chi connectivity index (χ3n) is 4.67. The van der Waals surface area contributed by atoms with Gasteiger partial charge in [-0.2, -0.15) is 5.10 Å². The zero-order chi connectivity index (χ0) is 15.1. The molecule has 1 saturated carbocycles. The number of aryl methyl sites for hydroxylation is 1. The first-order chi connectivity index (χ1) is 10.2. The zero-order valence-corrected chi connectivity index (χ0v) is 13.9. The Labute approximate surface area is 129 Å². The van der Waals surface area contributed by atoms with Gasteiger partial charge in [-0.3, -0.25) is 4.68 Å². The molecule has 0 spiro atoms. The van der Waals surface area contributed by atoms with Gasteiger partial charge in [0.1, 0.15) is 0 Å². The van der Waals surface area contributed by atoms with Gasteiger partial charge in [-0.1, -0.05) is 26.2 Å². The van der Waals surface area contributed by atoms with Gasteiger partial charge in [0.05, 0.1) is 11.8 Å². The Morgan fingerprint density at radius 2 is 2.05 bits per heavy atom. The van der Waals surface area contributed by atoms with Crippen molar-refractivity contribution < 1.29 is 4.74 Å². The highest BCUT2D eigenvalue weighted by atomic mass is 16.5. The van der Waals surface area contributed by atoms with Gasteiger partial charge in [0, 0.05) is 25.4 Å². The highest BCUT2D eigenvalue weighted by Crippen LogP contribution is 2.35. The van der Waals surface area contributed by atoms with Gasteiger partial charge in [0.25, 0.3) is 0 Å². The number of likely N-dealkylation sites (N-methyl/N-ethyl adjacent to an activating group) is 1. The van der Waals surface area contributed by atoms with Crippen LogP contribution in [0.25, 0.3) is 0 Å². The third-order valence-corrected chi connectivity index (χ3v) is 4.67. The lowest BCUT2D eigenvalue weighted by molar-refractivity contribution is -0.0894. The monoisotopic (exact) mass is 293 g/mol. The van der Waals surface area contributed by atoms with E-state index >= 15 is 0 Å². The number of rotatable bonds is 8. The zero-order valence-electron chi connectivity index (χ0n) is 13.9. The first-order valence-electron chi connectivity index (χ1n) is 8.62. The summed E-state index contributed by atoms with van der Waals surface area (Å²) in [7, 11) is 0. The van der Waals surface area contributed by atoms with Crippen LogP contribution in [0, 0.1) is 0 Å². The first-order valence-corrected chi connectivity index (χ1v) is 8.62. The van der Waals surface area contributed by atoms with Crippen molar-refractivity contribution in [3.63, 3.8) is 0 Å². The molecular formula is C17H31N3O. The average Bonchev–Trinajstić information content (AvgIpc) is 2.96. The number of hydrogen-bond donors (Lipinski definition) is 1. The Hall–Kier alpha value is -0.870. The van der Waals surface area contributed by atoms with Crippen LogP contribution in [0.2, 0.25) is 0 Å². The predicted molar refractivity (Wildman–Crippen MR) is 86.5 cm³/mol. The van der Waals surface area contributed by atoms with Crippen molar-refractivity contribution in [3.8, 4) is 0 Å². The second kappa shape index (κ2) is 7.95. The summed E-state index contributed by atoms with van der Waals surface area (Å²) in [4.78, 5) is 0. The van der Waals surface area contributed by atoms with Crippen LogP contribution in [-0.4, -0.2) is 34.6 Å². The summed E-state index contributed by atoms with van der Waals surface area (Å²) in [5, 5.41) is 8.10. The van der Waals surface area contributed by atoms with Gasteiger partial charge >= 0.3 is 0 Å². The fraction of sp³-hybridized carbons (Fsp3) is 0.824. The molecule has 1 atom stereocenters. The topological polar surface area (TPSA) is 39.1 Å². The van der Waals surface area contributed by atoms with E-state index in [0.717, 1.165) is 26.1 Å². The molecule has 1 N–H and O–H groups in total. The lowest BCUT2D eigenvalue weighted by Crippen LogP contribution is -2.54. The number of ether oxygens (including phenoxy) is 1. The molecule has 1 aliphatic carbocycles. The van der Waals surface area contributed by atoms with E-state index in [-0.39, 0.29) is 5.60 Å². The summed E-state index contributed by atoms with van der Waals surface area (Å²) in [5.74, 6) is 0. The Kier molecular flexibility index (Phi) is 6.24. The normalized spacial score (nSPS) is 19.6. The molecule has 0 aromatic carbocycles. The lowest BCUT2D eigenvalue weighted by Gasteiger charge is -2.43. The molecule has 1 heterocycles. The predicted octanol–water partition coefficient (Wildman–Crippen LogP) is 3.16. The molecule has 4 nitrogen and oxygen atoms in total. The molecule has 1 aromatic rings. The Bertz CT molecular complexity index is 404. The molecule has 0 bridgehead atoms. The van der Waals surface area contributed by atoms with Crippen molar-refractivity contribution in [1.29, 1.82) is 0 Å². The lowest BCUT2D eigenvalue weighted by atomic mass is 9.77. The SMILES string of the molecule is CCNC(Cc1cnn(CC)c1)C1(OCC)CCCCC1. The van der Waals surface area contributed by atoms with E-state index in [1.54, 1.807) is 0 Å². The highest BCUT2D eigenvalue weighted by Gasteiger charge is 2.40. The molecule has 1 unspecified atom stereocenters. The van der Waals surface area contributed by atoms with Crippen LogP contribution in [0.3, 0.4) is 0 Å². The van der Waals surface area contributed by atoms with Crippen LogP contribution >= 0.6 is 0 Å². The summed E-state index contributed by atoms with van der Waals surface area (Å²) >= 11 is 0. The Morgan fingerprint density at radius 1 is 1.29 bits per heavy atom.